The van der Waals surface area contributed by atoms with Gasteiger partial charge < -0.3 is 4.74 Å². The van der Waals surface area contributed by atoms with Crippen molar-refractivity contribution >= 4 is 0 Å². The quantitative estimate of drug-likeness (QED) is 0.367. The minimum Gasteiger partial charge on any atom is -0.494 e. The maximum Gasteiger partial charge on any atom is 0.119 e. The molecular weight excluding hydrogens is 340 g/mol. The molecule has 1 aromatic carbocycles. The molecule has 0 N–H and O–H groups in total. The zero-order valence-electron chi connectivity index (χ0n) is 18.6. The molecule has 158 valence electrons. The third-order valence-corrected chi connectivity index (χ3v) is 7.62. The van der Waals surface area contributed by atoms with Gasteiger partial charge in [-0.2, -0.15) is 0 Å². The van der Waals surface area contributed by atoms with Gasteiger partial charge in [0.2, 0.25) is 0 Å². The molecule has 0 unspecified atom stereocenters. The lowest BCUT2D eigenvalue weighted by Gasteiger charge is -2.38. The summed E-state index contributed by atoms with van der Waals surface area (Å²) < 4.78 is 5.74. The summed E-state index contributed by atoms with van der Waals surface area (Å²) >= 11 is 0. The van der Waals surface area contributed by atoms with E-state index in [0.29, 0.717) is 0 Å². The van der Waals surface area contributed by atoms with Crippen LogP contribution in [0.1, 0.15) is 115 Å². The van der Waals surface area contributed by atoms with E-state index in [2.05, 4.69) is 38.1 Å². The van der Waals surface area contributed by atoms with Crippen molar-refractivity contribution in [3.8, 4) is 5.75 Å². The van der Waals surface area contributed by atoms with Gasteiger partial charge >= 0.3 is 0 Å². The predicted molar refractivity (Wildman–Crippen MR) is 121 cm³/mol. The molecule has 0 heterocycles. The normalized spacial score (nSPS) is 28.2. The van der Waals surface area contributed by atoms with Crippen LogP contribution < -0.4 is 4.74 Å². The second-order valence-corrected chi connectivity index (χ2v) is 9.66. The molecule has 0 bridgehead atoms. The number of unbranched alkanes of at least 4 members (excludes halogenated alkanes) is 3. The standard InChI is InChI=1S/C27H44O/c1-3-5-6-7-8-22-9-11-23(12-10-22)24-13-15-25(16-14-24)26-17-19-27(20-18-26)28-21-4-2/h17-20,22-25H,3-16,21H2,1-2H3. The van der Waals surface area contributed by atoms with Crippen molar-refractivity contribution in [2.24, 2.45) is 17.8 Å². The molecular formula is C27H44O. The molecule has 1 heteroatoms. The fourth-order valence-corrected chi connectivity index (χ4v) is 5.79. The van der Waals surface area contributed by atoms with Crippen LogP contribution in [0.15, 0.2) is 24.3 Å². The molecule has 0 atom stereocenters. The minimum atomic E-state index is 0.784. The Hall–Kier alpha value is -0.980. The van der Waals surface area contributed by atoms with Crippen molar-refractivity contribution in [1.82, 2.24) is 0 Å². The second-order valence-electron chi connectivity index (χ2n) is 9.66. The molecule has 1 nitrogen and oxygen atoms in total. The van der Waals surface area contributed by atoms with E-state index in [9.17, 15) is 0 Å². The number of benzene rings is 1. The van der Waals surface area contributed by atoms with Gasteiger partial charge in [0.1, 0.15) is 5.75 Å². The SMILES string of the molecule is CCCCCCC1CCC(C2CCC(c3ccc(OCCC)cc3)CC2)CC1. The number of hydrogen-bond donors (Lipinski definition) is 0. The van der Waals surface area contributed by atoms with Crippen LogP contribution >= 0.6 is 0 Å². The Balaban J connectivity index is 1.36. The summed E-state index contributed by atoms with van der Waals surface area (Å²) in [4.78, 5) is 0. The second kappa shape index (κ2) is 11.9. The Morgan fingerprint density at radius 1 is 0.714 bits per heavy atom. The van der Waals surface area contributed by atoms with Crippen LogP contribution in [0.25, 0.3) is 0 Å². The zero-order chi connectivity index (χ0) is 19.6. The van der Waals surface area contributed by atoms with E-state index in [4.69, 9.17) is 4.74 Å². The van der Waals surface area contributed by atoms with E-state index in [1.54, 1.807) is 0 Å². The summed E-state index contributed by atoms with van der Waals surface area (Å²) in [5.74, 6) is 4.93. The van der Waals surface area contributed by atoms with E-state index >= 15 is 0 Å². The van der Waals surface area contributed by atoms with Gasteiger partial charge in [0.05, 0.1) is 6.61 Å². The number of rotatable bonds is 10. The Bertz CT molecular complexity index is 518. The number of hydrogen-bond acceptors (Lipinski definition) is 1. The van der Waals surface area contributed by atoms with E-state index in [0.717, 1.165) is 42.4 Å². The van der Waals surface area contributed by atoms with Crippen LogP contribution in [0.2, 0.25) is 0 Å². The maximum absolute atomic E-state index is 5.74. The highest BCUT2D eigenvalue weighted by molar-refractivity contribution is 5.29. The lowest BCUT2D eigenvalue weighted by molar-refractivity contribution is 0.155. The summed E-state index contributed by atoms with van der Waals surface area (Å²) in [5.41, 5.74) is 1.54. The summed E-state index contributed by atoms with van der Waals surface area (Å²) in [6.07, 6.45) is 20.2. The van der Waals surface area contributed by atoms with Gasteiger partial charge in [-0.1, -0.05) is 70.9 Å². The fraction of sp³-hybridized carbons (Fsp3) is 0.778. The van der Waals surface area contributed by atoms with Gasteiger partial charge in [-0.3, -0.25) is 0 Å². The minimum absolute atomic E-state index is 0.784. The molecule has 2 aliphatic rings. The maximum atomic E-state index is 5.74. The average Bonchev–Trinajstić information content (AvgIpc) is 2.76. The molecule has 0 amide bonds. The lowest BCUT2D eigenvalue weighted by Crippen LogP contribution is -2.25. The topological polar surface area (TPSA) is 9.23 Å². The van der Waals surface area contributed by atoms with Gasteiger partial charge in [0.25, 0.3) is 0 Å². The van der Waals surface area contributed by atoms with E-state index in [-0.39, 0.29) is 0 Å². The third-order valence-electron chi connectivity index (χ3n) is 7.62. The van der Waals surface area contributed by atoms with E-state index < -0.39 is 0 Å². The summed E-state index contributed by atoms with van der Waals surface area (Å²) in [6.45, 7) is 5.30. The lowest BCUT2D eigenvalue weighted by atomic mass is 9.68. The van der Waals surface area contributed by atoms with Gasteiger partial charge in [-0.15, -0.1) is 0 Å². The first kappa shape index (κ1) is 21.7. The largest absolute Gasteiger partial charge is 0.494 e. The van der Waals surface area contributed by atoms with Crippen molar-refractivity contribution in [1.29, 1.82) is 0 Å². The smallest absolute Gasteiger partial charge is 0.119 e. The van der Waals surface area contributed by atoms with Crippen LogP contribution in [0.5, 0.6) is 5.75 Å². The van der Waals surface area contributed by atoms with Crippen LogP contribution in [-0.4, -0.2) is 6.61 Å². The third kappa shape index (κ3) is 6.53. The Labute approximate surface area is 174 Å². The molecule has 1 aromatic rings. The summed E-state index contributed by atoms with van der Waals surface area (Å²) in [5, 5.41) is 0. The van der Waals surface area contributed by atoms with Crippen LogP contribution in [0, 0.1) is 17.8 Å². The van der Waals surface area contributed by atoms with Gasteiger partial charge in [-0.05, 0) is 86.3 Å². The van der Waals surface area contributed by atoms with Gasteiger partial charge in [0, 0.05) is 0 Å². The summed E-state index contributed by atoms with van der Waals surface area (Å²) in [7, 11) is 0. The van der Waals surface area contributed by atoms with Crippen molar-refractivity contribution in [2.75, 3.05) is 6.61 Å². The Morgan fingerprint density at radius 3 is 1.96 bits per heavy atom. The number of ether oxygens (including phenoxy) is 1. The predicted octanol–water partition coefficient (Wildman–Crippen LogP) is 8.53. The Kier molecular flexibility index (Phi) is 9.22. The molecule has 0 radical (unpaired) electrons. The first-order valence-electron chi connectivity index (χ1n) is 12.5. The molecule has 0 saturated heterocycles. The highest BCUT2D eigenvalue weighted by Gasteiger charge is 2.31. The van der Waals surface area contributed by atoms with E-state index in [1.165, 1.54) is 89.0 Å². The highest BCUT2D eigenvalue weighted by Crippen LogP contribution is 2.44. The molecule has 0 spiro atoms. The molecule has 28 heavy (non-hydrogen) atoms. The van der Waals surface area contributed by atoms with Crippen molar-refractivity contribution in [2.45, 2.75) is 110 Å². The average molecular weight is 385 g/mol. The molecule has 2 aliphatic carbocycles. The first-order valence-corrected chi connectivity index (χ1v) is 12.5. The van der Waals surface area contributed by atoms with Crippen molar-refractivity contribution < 1.29 is 4.74 Å². The van der Waals surface area contributed by atoms with E-state index in [1.807, 2.05) is 0 Å². The molecule has 2 saturated carbocycles. The molecule has 2 fully saturated rings. The molecule has 0 aliphatic heterocycles. The molecule has 3 rings (SSSR count). The van der Waals surface area contributed by atoms with Crippen molar-refractivity contribution in [3.63, 3.8) is 0 Å². The fourth-order valence-electron chi connectivity index (χ4n) is 5.79. The van der Waals surface area contributed by atoms with Gasteiger partial charge in [0.15, 0.2) is 0 Å². The van der Waals surface area contributed by atoms with Crippen molar-refractivity contribution in [3.05, 3.63) is 29.8 Å². The summed E-state index contributed by atoms with van der Waals surface area (Å²) in [6, 6.07) is 9.00. The molecule has 0 aromatic heterocycles. The van der Waals surface area contributed by atoms with Crippen LogP contribution in [0.4, 0.5) is 0 Å². The Morgan fingerprint density at radius 2 is 1.36 bits per heavy atom. The first-order chi connectivity index (χ1) is 13.8. The monoisotopic (exact) mass is 384 g/mol. The van der Waals surface area contributed by atoms with Crippen LogP contribution in [0.3, 0.4) is 0 Å². The highest BCUT2D eigenvalue weighted by atomic mass is 16.5. The zero-order valence-corrected chi connectivity index (χ0v) is 18.6. The van der Waals surface area contributed by atoms with Crippen LogP contribution in [-0.2, 0) is 0 Å². The van der Waals surface area contributed by atoms with Gasteiger partial charge in [-0.25, -0.2) is 0 Å².